The van der Waals surface area contributed by atoms with E-state index in [9.17, 15) is 9.59 Å². The number of ether oxygens (including phenoxy) is 3. The molecule has 1 saturated carbocycles. The van der Waals surface area contributed by atoms with E-state index in [1.165, 1.54) is 0 Å². The number of ketones is 1. The van der Waals surface area contributed by atoms with Crippen LogP contribution in [0.2, 0.25) is 0 Å². The topological polar surface area (TPSA) is 61.8 Å². The quantitative estimate of drug-likeness (QED) is 0.583. The highest BCUT2D eigenvalue weighted by atomic mass is 16.6. The second-order valence-corrected chi connectivity index (χ2v) is 7.09. The monoisotopic (exact) mass is 346 g/mol. The van der Waals surface area contributed by atoms with Gasteiger partial charge in [-0.25, -0.2) is 0 Å². The lowest BCUT2D eigenvalue weighted by atomic mass is 9.76. The van der Waals surface area contributed by atoms with Crippen molar-refractivity contribution in [3.63, 3.8) is 0 Å². The maximum Gasteiger partial charge on any atom is 0.313 e. The normalized spacial score (nSPS) is 24.2. The Balaban J connectivity index is 1.81. The lowest BCUT2D eigenvalue weighted by Gasteiger charge is -2.41. The van der Waals surface area contributed by atoms with Gasteiger partial charge < -0.3 is 14.2 Å². The van der Waals surface area contributed by atoms with Crippen molar-refractivity contribution in [1.82, 2.24) is 0 Å². The van der Waals surface area contributed by atoms with Gasteiger partial charge in [0, 0.05) is 12.5 Å². The molecule has 0 aromatic heterocycles. The van der Waals surface area contributed by atoms with E-state index in [1.54, 1.807) is 14.2 Å². The maximum absolute atomic E-state index is 12.1. The number of rotatable bonds is 6. The molecule has 1 unspecified atom stereocenters. The summed E-state index contributed by atoms with van der Waals surface area (Å²) in [6.45, 7) is 0. The molecular formula is C20H26O5. The van der Waals surface area contributed by atoms with Gasteiger partial charge in [0.25, 0.3) is 0 Å². The minimum atomic E-state index is -0.645. The third kappa shape index (κ3) is 3.80. The Morgan fingerprint density at radius 2 is 1.92 bits per heavy atom. The summed E-state index contributed by atoms with van der Waals surface area (Å²) in [6, 6.07) is 5.74. The van der Waals surface area contributed by atoms with Crippen LogP contribution in [0, 0.1) is 5.92 Å². The zero-order valence-corrected chi connectivity index (χ0v) is 15.0. The molecule has 1 aliphatic heterocycles. The Labute approximate surface area is 148 Å². The van der Waals surface area contributed by atoms with Crippen LogP contribution in [-0.2, 0) is 20.7 Å². The summed E-state index contributed by atoms with van der Waals surface area (Å²) in [5.74, 6) is 1.42. The van der Waals surface area contributed by atoms with Crippen LogP contribution >= 0.6 is 0 Å². The zero-order valence-electron chi connectivity index (χ0n) is 15.0. The molecule has 5 nitrogen and oxygen atoms in total. The number of hydrogen-bond donors (Lipinski definition) is 0. The predicted octanol–water partition coefficient (Wildman–Crippen LogP) is 3.47. The van der Waals surface area contributed by atoms with Crippen LogP contribution in [0.5, 0.6) is 11.5 Å². The standard InChI is InChI=1S/C20H26O5/c1-23-17-8-7-14(18(12-17)24-2)9-10-20(15-5-3-4-6-15)13-16(21)11-19(22)25-20/h7-8,12,15H,3-6,9-11,13H2,1-2H3. The third-order valence-electron chi connectivity index (χ3n) is 5.57. The molecule has 1 aliphatic carbocycles. The van der Waals surface area contributed by atoms with E-state index in [0.29, 0.717) is 19.3 Å². The first-order valence-electron chi connectivity index (χ1n) is 9.01. The van der Waals surface area contributed by atoms with Crippen LogP contribution in [0.1, 0.15) is 50.5 Å². The Kier molecular flexibility index (Phi) is 5.30. The molecule has 1 aromatic rings. The van der Waals surface area contributed by atoms with E-state index < -0.39 is 5.60 Å². The van der Waals surface area contributed by atoms with Crippen LogP contribution in [0.4, 0.5) is 0 Å². The van der Waals surface area contributed by atoms with Crippen LogP contribution in [-0.4, -0.2) is 31.6 Å². The molecule has 0 bridgehead atoms. The molecule has 5 heteroatoms. The van der Waals surface area contributed by atoms with Crippen LogP contribution in [0.25, 0.3) is 0 Å². The molecule has 0 radical (unpaired) electrons. The Hall–Kier alpha value is -2.04. The number of cyclic esters (lactones) is 1. The molecule has 1 atom stereocenters. The number of carbonyl (C=O) groups is 2. The van der Waals surface area contributed by atoms with Gasteiger partial charge in [-0.3, -0.25) is 9.59 Å². The molecule has 25 heavy (non-hydrogen) atoms. The van der Waals surface area contributed by atoms with Crippen molar-refractivity contribution in [3.05, 3.63) is 23.8 Å². The minimum Gasteiger partial charge on any atom is -0.497 e. The smallest absolute Gasteiger partial charge is 0.313 e. The average molecular weight is 346 g/mol. The van der Waals surface area contributed by atoms with Gasteiger partial charge in [-0.05, 0) is 43.2 Å². The lowest BCUT2D eigenvalue weighted by Crippen LogP contribution is -2.48. The van der Waals surface area contributed by atoms with Gasteiger partial charge in [-0.15, -0.1) is 0 Å². The molecule has 0 spiro atoms. The van der Waals surface area contributed by atoms with Crippen molar-refractivity contribution in [1.29, 1.82) is 0 Å². The first-order chi connectivity index (χ1) is 12.1. The fourth-order valence-electron chi connectivity index (χ4n) is 4.28. The lowest BCUT2D eigenvalue weighted by molar-refractivity contribution is -0.178. The molecule has 0 N–H and O–H groups in total. The molecule has 136 valence electrons. The number of methoxy groups -OCH3 is 2. The Bertz CT molecular complexity index is 629. The van der Waals surface area contributed by atoms with Crippen LogP contribution in [0.15, 0.2) is 18.2 Å². The van der Waals surface area contributed by atoms with Gasteiger partial charge >= 0.3 is 5.97 Å². The largest absolute Gasteiger partial charge is 0.497 e. The first-order valence-corrected chi connectivity index (χ1v) is 9.01. The molecule has 3 rings (SSSR count). The second kappa shape index (κ2) is 7.46. The summed E-state index contributed by atoms with van der Waals surface area (Å²) in [5.41, 5.74) is 0.392. The van der Waals surface area contributed by atoms with Crippen LogP contribution in [0.3, 0.4) is 0 Å². The summed E-state index contributed by atoms with van der Waals surface area (Å²) >= 11 is 0. The van der Waals surface area contributed by atoms with E-state index in [2.05, 4.69) is 0 Å². The van der Waals surface area contributed by atoms with Crippen molar-refractivity contribution in [3.8, 4) is 11.5 Å². The Morgan fingerprint density at radius 3 is 2.56 bits per heavy atom. The molecule has 1 aromatic carbocycles. The summed E-state index contributed by atoms with van der Waals surface area (Å²) in [5, 5.41) is 0. The van der Waals surface area contributed by atoms with Gasteiger partial charge in [-0.2, -0.15) is 0 Å². The van der Waals surface area contributed by atoms with Gasteiger partial charge in [0.1, 0.15) is 29.3 Å². The highest BCUT2D eigenvalue weighted by Crippen LogP contribution is 2.44. The molecular weight excluding hydrogens is 320 g/mol. The fourth-order valence-corrected chi connectivity index (χ4v) is 4.28. The van der Waals surface area contributed by atoms with E-state index >= 15 is 0 Å². The maximum atomic E-state index is 12.1. The Morgan fingerprint density at radius 1 is 1.16 bits per heavy atom. The second-order valence-electron chi connectivity index (χ2n) is 7.09. The van der Waals surface area contributed by atoms with Crippen molar-refractivity contribution in [2.24, 2.45) is 5.92 Å². The van der Waals surface area contributed by atoms with Crippen LogP contribution < -0.4 is 9.47 Å². The summed E-state index contributed by atoms with van der Waals surface area (Å²) in [4.78, 5) is 24.1. The molecule has 0 amide bonds. The summed E-state index contributed by atoms with van der Waals surface area (Å²) < 4.78 is 16.6. The van der Waals surface area contributed by atoms with Crippen molar-refractivity contribution in [2.75, 3.05) is 14.2 Å². The van der Waals surface area contributed by atoms with Crippen molar-refractivity contribution < 1.29 is 23.8 Å². The predicted molar refractivity (Wildman–Crippen MR) is 92.9 cm³/mol. The van der Waals surface area contributed by atoms with E-state index in [-0.39, 0.29) is 24.1 Å². The highest BCUT2D eigenvalue weighted by Gasteiger charge is 2.47. The van der Waals surface area contributed by atoms with E-state index in [1.807, 2.05) is 18.2 Å². The SMILES string of the molecule is COc1ccc(CCC2(C3CCCC3)CC(=O)CC(=O)O2)c(OC)c1. The van der Waals surface area contributed by atoms with Crippen molar-refractivity contribution in [2.45, 2.75) is 57.0 Å². The highest BCUT2D eigenvalue weighted by molar-refractivity contribution is 5.98. The van der Waals surface area contributed by atoms with Gasteiger partial charge in [0.2, 0.25) is 0 Å². The number of Topliss-reactive ketones (excluding diaryl/α,β-unsaturated/α-hetero) is 1. The average Bonchev–Trinajstić information content (AvgIpc) is 3.14. The van der Waals surface area contributed by atoms with Gasteiger partial charge in [0.05, 0.1) is 14.2 Å². The number of benzene rings is 1. The van der Waals surface area contributed by atoms with Crippen molar-refractivity contribution >= 4 is 11.8 Å². The number of carbonyl (C=O) groups excluding carboxylic acids is 2. The molecule has 1 heterocycles. The molecule has 2 fully saturated rings. The van der Waals surface area contributed by atoms with Gasteiger partial charge in [0.15, 0.2) is 0 Å². The van der Waals surface area contributed by atoms with Gasteiger partial charge in [-0.1, -0.05) is 18.9 Å². The van der Waals surface area contributed by atoms with E-state index in [0.717, 1.165) is 42.7 Å². The first kappa shape index (κ1) is 17.8. The van der Waals surface area contributed by atoms with E-state index in [4.69, 9.17) is 14.2 Å². The number of aryl methyl sites for hydroxylation is 1. The summed E-state index contributed by atoms with van der Waals surface area (Å²) in [7, 11) is 3.26. The summed E-state index contributed by atoms with van der Waals surface area (Å²) in [6.07, 6.45) is 5.96. The zero-order chi connectivity index (χ0) is 17.9. The third-order valence-corrected chi connectivity index (χ3v) is 5.57. The minimum absolute atomic E-state index is 0.00449. The number of hydrogen-bond acceptors (Lipinski definition) is 5. The molecule has 2 aliphatic rings. The fraction of sp³-hybridized carbons (Fsp3) is 0.600. The molecule has 1 saturated heterocycles. The number of esters is 1.